The summed E-state index contributed by atoms with van der Waals surface area (Å²) in [5.74, 6) is 0. The monoisotopic (exact) mass is 1110 g/mol. The summed E-state index contributed by atoms with van der Waals surface area (Å²) in [7, 11) is 0. The lowest BCUT2D eigenvalue weighted by Crippen LogP contribution is -2.10. The number of benzene rings is 13. The van der Waals surface area contributed by atoms with E-state index < -0.39 is 0 Å². The van der Waals surface area contributed by atoms with Crippen LogP contribution in [0.4, 0.5) is 34.1 Å². The number of para-hydroxylation sites is 2. The van der Waals surface area contributed by atoms with Crippen LogP contribution in [0.5, 0.6) is 0 Å². The number of fused-ring (bicyclic) bond motifs is 8. The van der Waals surface area contributed by atoms with Gasteiger partial charge in [0.05, 0.1) is 22.1 Å². The Hall–Kier alpha value is -10.4. The molecule has 0 unspecified atom stereocenters. The fourth-order valence-electron chi connectivity index (χ4n) is 13.5. The molecular formula is C82H66N4. The molecule has 0 spiro atoms. The highest BCUT2D eigenvalue weighted by Gasteiger charge is 2.22. The zero-order chi connectivity index (χ0) is 57.8. The largest absolute Gasteiger partial charge is 0.311 e. The molecule has 0 fully saturated rings. The molecule has 15 rings (SSSR count). The van der Waals surface area contributed by atoms with Crippen LogP contribution in [-0.4, -0.2) is 9.13 Å². The highest BCUT2D eigenvalue weighted by Crippen LogP contribution is 2.47. The van der Waals surface area contributed by atoms with E-state index in [0.717, 1.165) is 71.2 Å². The first kappa shape index (κ1) is 52.4. The van der Waals surface area contributed by atoms with Gasteiger partial charge in [0.2, 0.25) is 0 Å². The van der Waals surface area contributed by atoms with Crippen LogP contribution in [0.3, 0.4) is 0 Å². The van der Waals surface area contributed by atoms with Crippen molar-refractivity contribution >= 4 is 99.3 Å². The number of hydrogen-bond donors (Lipinski definition) is 0. The van der Waals surface area contributed by atoms with E-state index >= 15 is 0 Å². The topological polar surface area (TPSA) is 16.3 Å². The van der Waals surface area contributed by atoms with Crippen LogP contribution in [0.2, 0.25) is 0 Å². The molecule has 0 saturated carbocycles. The number of aromatic nitrogens is 2. The van der Waals surface area contributed by atoms with Crippen molar-refractivity contribution in [1.82, 2.24) is 9.13 Å². The Morgan fingerprint density at radius 3 is 0.744 bits per heavy atom. The van der Waals surface area contributed by atoms with Gasteiger partial charge in [-0.05, 0) is 237 Å². The molecule has 2 aromatic heterocycles. The quantitative estimate of drug-likeness (QED) is 0.101. The van der Waals surface area contributed by atoms with Gasteiger partial charge in [-0.1, -0.05) is 161 Å². The Morgan fingerprint density at radius 1 is 0.233 bits per heavy atom. The van der Waals surface area contributed by atoms with Crippen LogP contribution in [0.15, 0.2) is 279 Å². The highest BCUT2D eigenvalue weighted by atomic mass is 15.1. The Bertz CT molecular complexity index is 4500. The van der Waals surface area contributed by atoms with E-state index in [4.69, 9.17) is 0 Å². The lowest BCUT2D eigenvalue weighted by molar-refractivity contribution is 1.13. The van der Waals surface area contributed by atoms with Crippen molar-refractivity contribution in [1.29, 1.82) is 0 Å². The third kappa shape index (κ3) is 9.00. The Labute approximate surface area is 503 Å². The van der Waals surface area contributed by atoms with Crippen molar-refractivity contribution in [3.8, 4) is 33.6 Å². The SMILES string of the molecule is CCc1ccc2c(c1)c1cc(CC)ccc1n2-c1ccc(N(c2ccccc2)c2ccc(-c3c4ccccc4c(-c4ccc(N(c5ccccc5)c5ccc(-n6c7ccc(CC)cc7c7cc(CC)ccc76)cc5)cc4)c4ccccc34)cc2)cc1. The summed E-state index contributed by atoms with van der Waals surface area (Å²) in [5.41, 5.74) is 24.0. The first-order valence-corrected chi connectivity index (χ1v) is 30.6. The van der Waals surface area contributed by atoms with Gasteiger partial charge < -0.3 is 18.9 Å². The molecule has 0 aliphatic carbocycles. The Kier molecular flexibility index (Phi) is 13.4. The smallest absolute Gasteiger partial charge is 0.0541 e. The summed E-state index contributed by atoms with van der Waals surface area (Å²) >= 11 is 0. The molecule has 0 bridgehead atoms. The van der Waals surface area contributed by atoms with Crippen LogP contribution in [-0.2, 0) is 25.7 Å². The van der Waals surface area contributed by atoms with Gasteiger partial charge in [0.25, 0.3) is 0 Å². The number of aryl methyl sites for hydroxylation is 4. The van der Waals surface area contributed by atoms with E-state index in [2.05, 4.69) is 326 Å². The summed E-state index contributed by atoms with van der Waals surface area (Å²) in [6.07, 6.45) is 4.04. The standard InChI is InChI=1S/C82H66N4/c1-5-55-27-47-77-73(51-55)74-52-56(6-2)28-48-78(74)85(77)67-43-39-65(40-44-67)83(61-19-11-9-12-20-61)63-35-31-59(32-36-63)81-69-23-15-17-25-71(69)82(72-26-18-16-24-70(72)81)60-33-37-64(38-34-60)84(62-21-13-10-14-22-62)66-41-45-68(46-42-66)86-79-49-29-57(7-3)53-75(79)76-54-58(8-4)30-50-80(76)86/h9-54H,5-8H2,1-4H3. The molecule has 0 aliphatic rings. The molecule has 15 aromatic rings. The van der Waals surface area contributed by atoms with Crippen molar-refractivity contribution in [3.05, 3.63) is 301 Å². The summed E-state index contributed by atoms with van der Waals surface area (Å²) in [4.78, 5) is 4.74. The molecule has 0 saturated heterocycles. The number of rotatable bonds is 14. The minimum Gasteiger partial charge on any atom is -0.311 e. The lowest BCUT2D eigenvalue weighted by atomic mass is 9.86. The second-order valence-electron chi connectivity index (χ2n) is 22.8. The second kappa shape index (κ2) is 22.0. The molecule has 0 N–H and O–H groups in total. The fraction of sp³-hybridized carbons (Fsp3) is 0.0976. The van der Waals surface area contributed by atoms with Crippen molar-refractivity contribution in [2.24, 2.45) is 0 Å². The van der Waals surface area contributed by atoms with E-state index in [1.165, 1.54) is 110 Å². The molecular weight excluding hydrogens is 1040 g/mol. The first-order valence-electron chi connectivity index (χ1n) is 30.6. The van der Waals surface area contributed by atoms with E-state index in [0.29, 0.717) is 0 Å². The zero-order valence-electron chi connectivity index (χ0n) is 49.2. The summed E-state index contributed by atoms with van der Waals surface area (Å²) in [6.45, 7) is 8.95. The minimum absolute atomic E-state index is 1.01. The molecule has 0 aliphatic heterocycles. The molecule has 0 radical (unpaired) electrons. The van der Waals surface area contributed by atoms with Crippen molar-refractivity contribution in [2.75, 3.05) is 9.80 Å². The normalized spacial score (nSPS) is 11.7. The van der Waals surface area contributed by atoms with E-state index in [1.807, 2.05) is 0 Å². The van der Waals surface area contributed by atoms with Gasteiger partial charge in [-0.3, -0.25) is 0 Å². The fourth-order valence-corrected chi connectivity index (χ4v) is 13.5. The Morgan fingerprint density at radius 2 is 0.477 bits per heavy atom. The predicted octanol–water partition coefficient (Wildman–Crippen LogP) is 22.7. The molecule has 414 valence electrons. The van der Waals surface area contributed by atoms with Crippen LogP contribution in [0, 0.1) is 0 Å². The highest BCUT2D eigenvalue weighted by molar-refractivity contribution is 6.21. The number of nitrogens with zero attached hydrogens (tertiary/aromatic N) is 4. The maximum Gasteiger partial charge on any atom is 0.0541 e. The minimum atomic E-state index is 1.01. The van der Waals surface area contributed by atoms with Gasteiger partial charge in [-0.2, -0.15) is 0 Å². The molecule has 4 nitrogen and oxygen atoms in total. The van der Waals surface area contributed by atoms with Crippen molar-refractivity contribution in [2.45, 2.75) is 53.4 Å². The second-order valence-corrected chi connectivity index (χ2v) is 22.8. The van der Waals surface area contributed by atoms with Gasteiger partial charge >= 0.3 is 0 Å². The predicted molar refractivity (Wildman–Crippen MR) is 368 cm³/mol. The average Bonchev–Trinajstić information content (AvgIpc) is 2.57. The van der Waals surface area contributed by atoms with Gasteiger partial charge in [0.15, 0.2) is 0 Å². The van der Waals surface area contributed by atoms with Crippen LogP contribution >= 0.6 is 0 Å². The van der Waals surface area contributed by atoms with Gasteiger partial charge in [-0.15, -0.1) is 0 Å². The van der Waals surface area contributed by atoms with Gasteiger partial charge in [-0.25, -0.2) is 0 Å². The van der Waals surface area contributed by atoms with Crippen LogP contribution in [0.1, 0.15) is 49.9 Å². The maximum absolute atomic E-state index is 2.43. The number of anilines is 6. The van der Waals surface area contributed by atoms with Crippen molar-refractivity contribution in [3.63, 3.8) is 0 Å². The van der Waals surface area contributed by atoms with Crippen LogP contribution in [0.25, 0.3) is 98.8 Å². The summed E-state index contributed by atoms with van der Waals surface area (Å²) < 4.78 is 4.86. The summed E-state index contributed by atoms with van der Waals surface area (Å²) in [6, 6.07) is 104. The van der Waals surface area contributed by atoms with E-state index in [9.17, 15) is 0 Å². The molecule has 2 heterocycles. The maximum atomic E-state index is 2.43. The molecule has 13 aromatic carbocycles. The average molecular weight is 1110 g/mol. The molecule has 4 heteroatoms. The van der Waals surface area contributed by atoms with Crippen LogP contribution < -0.4 is 9.80 Å². The van der Waals surface area contributed by atoms with E-state index in [1.54, 1.807) is 0 Å². The van der Waals surface area contributed by atoms with Crippen molar-refractivity contribution < 1.29 is 0 Å². The molecule has 0 amide bonds. The lowest BCUT2D eigenvalue weighted by Gasteiger charge is -2.26. The third-order valence-electron chi connectivity index (χ3n) is 17.9. The molecule has 86 heavy (non-hydrogen) atoms. The third-order valence-corrected chi connectivity index (χ3v) is 17.9. The van der Waals surface area contributed by atoms with E-state index in [-0.39, 0.29) is 0 Å². The molecule has 0 atom stereocenters. The van der Waals surface area contributed by atoms with Gasteiger partial charge in [0.1, 0.15) is 0 Å². The Balaban J connectivity index is 0.777. The zero-order valence-corrected chi connectivity index (χ0v) is 49.2. The number of hydrogen-bond acceptors (Lipinski definition) is 2. The summed E-state index contributed by atoms with van der Waals surface area (Å²) in [5, 5.41) is 10.1. The van der Waals surface area contributed by atoms with Gasteiger partial charge in [0, 0.05) is 67.0 Å². The first-order chi connectivity index (χ1) is 42.5.